The standard InChI is InChI=1S/C26H48NO2.C7H8O3S/c1-2-3-4-5-6-7-8-9-10-11-12-13-14-15-16-20-23-29-25-26(28)24-27-21-18-17-19-22-27;1-6-2-4-7(5-3-6)11(8,9)10/h17-19,21-22,26,28H,2-16,20,23-25H2,1H3;2-5H,1H3,(H,8,9,10)/q+1;/p-1. The van der Waals surface area contributed by atoms with E-state index in [1.165, 1.54) is 108 Å². The fourth-order valence-corrected chi connectivity index (χ4v) is 5.00. The number of ether oxygens (including phenoxy) is 1. The predicted molar refractivity (Wildman–Crippen MR) is 162 cm³/mol. The Kier molecular flexibility index (Phi) is 21.6. The number of aromatic nitrogens is 1. The van der Waals surface area contributed by atoms with Crippen molar-refractivity contribution in [3.63, 3.8) is 0 Å². The van der Waals surface area contributed by atoms with Crippen LogP contribution in [0.2, 0.25) is 0 Å². The maximum Gasteiger partial charge on any atom is 0.176 e. The number of hydrogen-bond donors (Lipinski definition) is 1. The van der Waals surface area contributed by atoms with E-state index in [2.05, 4.69) is 6.92 Å². The van der Waals surface area contributed by atoms with Crippen LogP contribution in [-0.2, 0) is 21.4 Å². The zero-order valence-electron chi connectivity index (χ0n) is 25.1. The average Bonchev–Trinajstić information content (AvgIpc) is 2.93. The van der Waals surface area contributed by atoms with Gasteiger partial charge in [-0.1, -0.05) is 127 Å². The van der Waals surface area contributed by atoms with E-state index in [0.717, 1.165) is 18.6 Å². The van der Waals surface area contributed by atoms with Gasteiger partial charge in [0.2, 0.25) is 0 Å². The van der Waals surface area contributed by atoms with E-state index in [4.69, 9.17) is 4.74 Å². The molecule has 0 fully saturated rings. The monoisotopic (exact) mass is 577 g/mol. The van der Waals surface area contributed by atoms with Crippen LogP contribution in [0.1, 0.15) is 115 Å². The van der Waals surface area contributed by atoms with Gasteiger partial charge in [-0.05, 0) is 25.5 Å². The fourth-order valence-electron chi connectivity index (χ4n) is 4.53. The largest absolute Gasteiger partial charge is 0.744 e. The van der Waals surface area contributed by atoms with Gasteiger partial charge >= 0.3 is 0 Å². The molecule has 0 saturated carbocycles. The third-order valence-electron chi connectivity index (χ3n) is 6.96. The quantitative estimate of drug-likeness (QED) is 0.0888. The highest BCUT2D eigenvalue weighted by atomic mass is 32.2. The van der Waals surface area contributed by atoms with Crippen molar-refractivity contribution in [3.05, 3.63) is 60.4 Å². The maximum atomic E-state index is 10.4. The normalized spacial score (nSPS) is 12.1. The van der Waals surface area contributed by atoms with Crippen LogP contribution in [-0.4, -0.2) is 37.4 Å². The number of unbranched alkanes of at least 4 members (excludes halogenated alkanes) is 15. The molecule has 6 nitrogen and oxygen atoms in total. The molecule has 40 heavy (non-hydrogen) atoms. The first kappa shape index (κ1) is 36.2. The van der Waals surface area contributed by atoms with E-state index in [1.54, 1.807) is 12.1 Å². The first-order valence-electron chi connectivity index (χ1n) is 15.6. The molecule has 0 amide bonds. The van der Waals surface area contributed by atoms with Crippen molar-refractivity contribution in [1.29, 1.82) is 0 Å². The van der Waals surface area contributed by atoms with Gasteiger partial charge in [-0.25, -0.2) is 13.0 Å². The minimum Gasteiger partial charge on any atom is -0.744 e. The van der Waals surface area contributed by atoms with Crippen LogP contribution in [0.25, 0.3) is 0 Å². The van der Waals surface area contributed by atoms with Crippen LogP contribution in [0.15, 0.2) is 59.8 Å². The van der Waals surface area contributed by atoms with Crippen molar-refractivity contribution in [2.45, 2.75) is 134 Å². The Hall–Kier alpha value is -1.80. The molecular formula is C33H55NO5S. The number of hydrogen-bond acceptors (Lipinski definition) is 5. The molecule has 0 bridgehead atoms. The third-order valence-corrected chi connectivity index (χ3v) is 7.81. The Morgan fingerprint density at radius 3 is 1.65 bits per heavy atom. The first-order valence-corrected chi connectivity index (χ1v) is 17.0. The summed E-state index contributed by atoms with van der Waals surface area (Å²) in [5, 5.41) is 9.99. The average molecular weight is 578 g/mol. The number of nitrogens with zero attached hydrogens (tertiary/aromatic N) is 1. The van der Waals surface area contributed by atoms with Gasteiger partial charge in [0.15, 0.2) is 18.9 Å². The van der Waals surface area contributed by atoms with Gasteiger partial charge in [-0.3, -0.25) is 0 Å². The molecule has 0 saturated heterocycles. The first-order chi connectivity index (χ1) is 19.3. The van der Waals surface area contributed by atoms with Crippen LogP contribution in [0, 0.1) is 6.92 Å². The predicted octanol–water partition coefficient (Wildman–Crippen LogP) is 7.51. The highest BCUT2D eigenvalue weighted by Gasteiger charge is 2.10. The molecule has 0 spiro atoms. The number of rotatable bonds is 22. The van der Waals surface area contributed by atoms with E-state index < -0.39 is 16.2 Å². The van der Waals surface area contributed by atoms with Crippen molar-refractivity contribution in [2.24, 2.45) is 0 Å². The summed E-state index contributed by atoms with van der Waals surface area (Å²) >= 11 is 0. The lowest BCUT2D eigenvalue weighted by atomic mass is 10.0. The summed E-state index contributed by atoms with van der Waals surface area (Å²) in [7, 11) is -4.27. The van der Waals surface area contributed by atoms with Gasteiger partial charge in [-0.15, -0.1) is 0 Å². The van der Waals surface area contributed by atoms with Crippen LogP contribution in [0.5, 0.6) is 0 Å². The Morgan fingerprint density at radius 2 is 1.20 bits per heavy atom. The molecule has 1 aromatic carbocycles. The lowest BCUT2D eigenvalue weighted by Gasteiger charge is -2.08. The Balaban J connectivity index is 0.000000603. The van der Waals surface area contributed by atoms with Gasteiger partial charge in [0.25, 0.3) is 0 Å². The molecule has 1 N–H and O–H groups in total. The summed E-state index contributed by atoms with van der Waals surface area (Å²) in [4.78, 5) is -0.178. The lowest BCUT2D eigenvalue weighted by molar-refractivity contribution is -0.703. The molecule has 0 aliphatic carbocycles. The second kappa shape index (κ2) is 23.9. The second-order valence-corrected chi connectivity index (χ2v) is 12.3. The van der Waals surface area contributed by atoms with E-state index in [-0.39, 0.29) is 4.90 Å². The molecule has 0 aliphatic rings. The molecule has 1 unspecified atom stereocenters. The van der Waals surface area contributed by atoms with Crippen molar-refractivity contribution < 1.29 is 27.4 Å². The Labute approximate surface area is 244 Å². The van der Waals surface area contributed by atoms with Crippen molar-refractivity contribution in [2.75, 3.05) is 13.2 Å². The number of aryl methyl sites for hydroxylation is 1. The van der Waals surface area contributed by atoms with Crippen LogP contribution in [0.4, 0.5) is 0 Å². The summed E-state index contributed by atoms with van der Waals surface area (Å²) in [6.07, 6.45) is 25.7. The molecule has 2 rings (SSSR count). The minimum atomic E-state index is -4.27. The van der Waals surface area contributed by atoms with Crippen molar-refractivity contribution >= 4 is 10.1 Å². The molecule has 7 heteroatoms. The van der Waals surface area contributed by atoms with Crippen molar-refractivity contribution in [3.8, 4) is 0 Å². The molecule has 228 valence electrons. The zero-order valence-corrected chi connectivity index (χ0v) is 26.0. The number of aliphatic hydroxyl groups is 1. The fraction of sp³-hybridized carbons (Fsp3) is 0.667. The zero-order chi connectivity index (χ0) is 29.3. The molecule has 0 aliphatic heterocycles. The summed E-state index contributed by atoms with van der Waals surface area (Å²) in [6.45, 7) is 5.91. The minimum absolute atomic E-state index is 0.178. The Bertz CT molecular complexity index is 935. The van der Waals surface area contributed by atoms with Gasteiger partial charge in [-0.2, -0.15) is 0 Å². The number of pyridine rings is 1. The highest BCUT2D eigenvalue weighted by Crippen LogP contribution is 2.14. The molecule has 1 atom stereocenters. The summed E-state index contributed by atoms with van der Waals surface area (Å²) in [5.74, 6) is 0. The molecule has 2 aromatic rings. The summed E-state index contributed by atoms with van der Waals surface area (Å²) < 4.78 is 38.8. The molecule has 1 aromatic heterocycles. The van der Waals surface area contributed by atoms with Crippen LogP contribution in [0.3, 0.4) is 0 Å². The molecule has 1 heterocycles. The molecule has 0 radical (unpaired) electrons. The SMILES string of the molecule is CCCCCCCCCCCCCCCCCCOCC(O)C[n+]1ccccc1.Cc1ccc(S(=O)(=O)[O-])cc1. The van der Waals surface area contributed by atoms with E-state index in [9.17, 15) is 18.1 Å². The number of benzene rings is 1. The van der Waals surface area contributed by atoms with E-state index >= 15 is 0 Å². The van der Waals surface area contributed by atoms with Crippen molar-refractivity contribution in [1.82, 2.24) is 0 Å². The maximum absolute atomic E-state index is 10.4. The summed E-state index contributed by atoms with van der Waals surface area (Å²) in [6, 6.07) is 11.7. The van der Waals surface area contributed by atoms with Crippen LogP contribution < -0.4 is 4.57 Å². The van der Waals surface area contributed by atoms with Gasteiger partial charge in [0.1, 0.15) is 16.2 Å². The highest BCUT2D eigenvalue weighted by molar-refractivity contribution is 7.85. The number of aliphatic hydroxyl groups excluding tert-OH is 1. The third kappa shape index (κ3) is 21.0. The Morgan fingerprint density at radius 1 is 0.750 bits per heavy atom. The smallest absolute Gasteiger partial charge is 0.176 e. The second-order valence-electron chi connectivity index (χ2n) is 10.9. The van der Waals surface area contributed by atoms with Gasteiger partial charge < -0.3 is 14.4 Å². The van der Waals surface area contributed by atoms with Crippen LogP contribution >= 0.6 is 0 Å². The van der Waals surface area contributed by atoms with E-state index in [1.807, 2.05) is 42.1 Å². The molecular weight excluding hydrogens is 522 g/mol. The lowest BCUT2D eigenvalue weighted by Crippen LogP contribution is -2.40. The summed E-state index contributed by atoms with van der Waals surface area (Å²) in [5.41, 5.74) is 0.928. The van der Waals surface area contributed by atoms with E-state index in [0.29, 0.717) is 13.2 Å². The topological polar surface area (TPSA) is 90.5 Å². The van der Waals surface area contributed by atoms with Gasteiger partial charge in [0.05, 0.1) is 11.5 Å². The van der Waals surface area contributed by atoms with Gasteiger partial charge in [0, 0.05) is 18.7 Å².